The average Bonchev–Trinajstić information content (AvgIpc) is 2.89. The number of benzene rings is 1. The fourth-order valence-corrected chi connectivity index (χ4v) is 3.96. The van der Waals surface area contributed by atoms with E-state index < -0.39 is 23.1 Å². The van der Waals surface area contributed by atoms with Crippen molar-refractivity contribution < 1.29 is 21.9 Å². The van der Waals surface area contributed by atoms with Crippen molar-refractivity contribution in [3.8, 4) is 5.75 Å². The number of hydrogen-bond acceptors (Lipinski definition) is 4. The predicted molar refractivity (Wildman–Crippen MR) is 85.7 cm³/mol. The van der Waals surface area contributed by atoms with Crippen molar-refractivity contribution in [3.05, 3.63) is 24.3 Å². The Morgan fingerprint density at radius 1 is 1.35 bits per heavy atom. The molecule has 1 aromatic carbocycles. The minimum atomic E-state index is -3.59. The Morgan fingerprint density at radius 2 is 1.96 bits per heavy atom. The Hall–Kier alpha value is -0.960. The summed E-state index contributed by atoms with van der Waals surface area (Å²) in [6.45, 7) is 2.49. The molecule has 23 heavy (non-hydrogen) atoms. The molecule has 0 amide bonds. The number of hydrogen-bond donors (Lipinski definition) is 1. The van der Waals surface area contributed by atoms with Crippen molar-refractivity contribution in [1.29, 1.82) is 0 Å². The maximum atomic E-state index is 12.5. The van der Waals surface area contributed by atoms with Crippen molar-refractivity contribution >= 4 is 22.4 Å². The second-order valence-electron chi connectivity index (χ2n) is 5.78. The van der Waals surface area contributed by atoms with Gasteiger partial charge in [-0.05, 0) is 42.6 Å². The molecule has 1 fully saturated rings. The van der Waals surface area contributed by atoms with Crippen molar-refractivity contribution in [2.24, 2.45) is 11.1 Å². The maximum absolute atomic E-state index is 12.5. The normalized spacial score (nSPS) is 22.1. The van der Waals surface area contributed by atoms with Crippen LogP contribution in [0.5, 0.6) is 5.75 Å². The van der Waals surface area contributed by atoms with E-state index in [2.05, 4.69) is 0 Å². The van der Waals surface area contributed by atoms with Crippen LogP contribution in [-0.4, -0.2) is 45.4 Å². The van der Waals surface area contributed by atoms with Gasteiger partial charge in [-0.3, -0.25) is 0 Å². The molecule has 0 saturated carbocycles. The van der Waals surface area contributed by atoms with Crippen LogP contribution in [0.25, 0.3) is 0 Å². The fraction of sp³-hybridized carbons (Fsp3) is 0.571. The molecule has 1 heterocycles. The number of sulfonamides is 1. The molecule has 1 atom stereocenters. The maximum Gasteiger partial charge on any atom is 0.272 e. The largest absolute Gasteiger partial charge is 0.488 e. The lowest BCUT2D eigenvalue weighted by Crippen LogP contribution is -2.34. The van der Waals surface area contributed by atoms with Crippen molar-refractivity contribution in [3.63, 3.8) is 0 Å². The van der Waals surface area contributed by atoms with Crippen molar-refractivity contribution in [1.82, 2.24) is 4.31 Å². The van der Waals surface area contributed by atoms with Gasteiger partial charge in [0.25, 0.3) is 6.43 Å². The lowest BCUT2D eigenvalue weighted by molar-refractivity contribution is 0.0819. The van der Waals surface area contributed by atoms with Gasteiger partial charge in [-0.2, -0.15) is 4.31 Å². The van der Waals surface area contributed by atoms with Crippen LogP contribution >= 0.6 is 12.4 Å². The summed E-state index contributed by atoms with van der Waals surface area (Å²) in [4.78, 5) is 0.123. The predicted octanol–water partition coefficient (Wildman–Crippen LogP) is 2.11. The van der Waals surface area contributed by atoms with E-state index in [1.54, 1.807) is 0 Å². The third-order valence-electron chi connectivity index (χ3n) is 3.85. The summed E-state index contributed by atoms with van der Waals surface area (Å²) in [6, 6.07) is 5.50. The number of rotatable bonds is 6. The Morgan fingerprint density at radius 3 is 2.43 bits per heavy atom. The van der Waals surface area contributed by atoms with Gasteiger partial charge in [-0.15, -0.1) is 12.4 Å². The molecule has 1 aliphatic rings. The molecular formula is C14H21ClF2N2O3S. The van der Waals surface area contributed by atoms with E-state index in [1.165, 1.54) is 28.6 Å². The fourth-order valence-electron chi connectivity index (χ4n) is 2.37. The Kier molecular flexibility index (Phi) is 6.76. The molecule has 1 saturated heterocycles. The minimum Gasteiger partial charge on any atom is -0.488 e. The van der Waals surface area contributed by atoms with E-state index in [9.17, 15) is 17.2 Å². The van der Waals surface area contributed by atoms with Gasteiger partial charge >= 0.3 is 0 Å². The number of nitrogens with two attached hydrogens (primary N) is 1. The molecule has 132 valence electrons. The molecule has 1 unspecified atom stereocenters. The quantitative estimate of drug-likeness (QED) is 0.832. The second-order valence-corrected chi connectivity index (χ2v) is 7.71. The van der Waals surface area contributed by atoms with E-state index in [0.717, 1.165) is 6.42 Å². The summed E-state index contributed by atoms with van der Waals surface area (Å²) in [6.07, 6.45) is -1.85. The monoisotopic (exact) mass is 370 g/mol. The van der Waals surface area contributed by atoms with Crippen LogP contribution in [0.15, 0.2) is 29.2 Å². The van der Waals surface area contributed by atoms with Gasteiger partial charge in [0.2, 0.25) is 10.0 Å². The Labute approximate surface area is 141 Å². The lowest BCUT2D eigenvalue weighted by Gasteiger charge is -2.22. The van der Waals surface area contributed by atoms with Crippen LogP contribution in [0.3, 0.4) is 0 Å². The molecule has 2 rings (SSSR count). The van der Waals surface area contributed by atoms with Crippen molar-refractivity contribution in [2.45, 2.75) is 24.7 Å². The van der Waals surface area contributed by atoms with Crippen molar-refractivity contribution in [2.75, 3.05) is 26.2 Å². The molecule has 1 aromatic rings. The van der Waals surface area contributed by atoms with E-state index >= 15 is 0 Å². The highest BCUT2D eigenvalue weighted by molar-refractivity contribution is 7.89. The smallest absolute Gasteiger partial charge is 0.272 e. The van der Waals surface area contributed by atoms with Crippen LogP contribution in [0.4, 0.5) is 8.78 Å². The third-order valence-corrected chi connectivity index (χ3v) is 5.71. The van der Waals surface area contributed by atoms with Gasteiger partial charge in [-0.25, -0.2) is 17.2 Å². The number of halogens is 3. The summed E-state index contributed by atoms with van der Waals surface area (Å²) in [7, 11) is -3.59. The number of nitrogens with zero attached hydrogens (tertiary/aromatic N) is 1. The third kappa shape index (κ3) is 4.76. The molecule has 0 spiro atoms. The molecule has 9 heteroatoms. The molecular weight excluding hydrogens is 350 g/mol. The summed E-state index contributed by atoms with van der Waals surface area (Å²) >= 11 is 0. The first-order valence-corrected chi connectivity index (χ1v) is 8.42. The van der Waals surface area contributed by atoms with Crippen LogP contribution < -0.4 is 10.5 Å². The zero-order valence-electron chi connectivity index (χ0n) is 12.7. The summed E-state index contributed by atoms with van der Waals surface area (Å²) < 4.78 is 55.5. The molecule has 0 bridgehead atoms. The molecule has 2 N–H and O–H groups in total. The van der Waals surface area contributed by atoms with Crippen LogP contribution in [0, 0.1) is 5.41 Å². The van der Waals surface area contributed by atoms with Gasteiger partial charge in [-0.1, -0.05) is 6.92 Å². The Balaban J connectivity index is 0.00000264. The van der Waals surface area contributed by atoms with Crippen LogP contribution in [-0.2, 0) is 10.0 Å². The standard InChI is InChI=1S/C14H20F2N2O3S.ClH/c1-14(9-17)6-7-18(10-14)22(19,20)12-4-2-11(3-5-12)21-8-13(15)16;/h2-5,13H,6-10,17H2,1H3;1H. The average molecular weight is 371 g/mol. The van der Waals surface area contributed by atoms with E-state index in [1.807, 2.05) is 6.92 Å². The van der Waals surface area contributed by atoms with Gasteiger partial charge < -0.3 is 10.5 Å². The molecule has 0 aliphatic carbocycles. The first-order valence-electron chi connectivity index (χ1n) is 6.98. The van der Waals surface area contributed by atoms with E-state index in [-0.39, 0.29) is 28.5 Å². The molecule has 0 aromatic heterocycles. The highest BCUT2D eigenvalue weighted by Gasteiger charge is 2.38. The SMILES string of the molecule is CC1(CN)CCN(S(=O)(=O)c2ccc(OCC(F)F)cc2)C1.Cl. The minimum absolute atomic E-state index is 0. The van der Waals surface area contributed by atoms with Gasteiger partial charge in [0.1, 0.15) is 12.4 Å². The molecule has 5 nitrogen and oxygen atoms in total. The zero-order valence-corrected chi connectivity index (χ0v) is 14.4. The first-order chi connectivity index (χ1) is 10.3. The first kappa shape index (κ1) is 20.1. The van der Waals surface area contributed by atoms with E-state index in [0.29, 0.717) is 19.6 Å². The number of ether oxygens (including phenoxy) is 1. The van der Waals surface area contributed by atoms with Crippen LogP contribution in [0.2, 0.25) is 0 Å². The van der Waals surface area contributed by atoms with E-state index in [4.69, 9.17) is 10.5 Å². The summed E-state index contributed by atoms with van der Waals surface area (Å²) in [5, 5.41) is 0. The van der Waals surface area contributed by atoms with Crippen LogP contribution in [0.1, 0.15) is 13.3 Å². The van der Waals surface area contributed by atoms with Gasteiger partial charge in [0.15, 0.2) is 0 Å². The number of alkyl halides is 2. The molecule has 0 radical (unpaired) electrons. The lowest BCUT2D eigenvalue weighted by atomic mass is 9.90. The summed E-state index contributed by atoms with van der Waals surface area (Å²) in [5.41, 5.74) is 5.49. The summed E-state index contributed by atoms with van der Waals surface area (Å²) in [5.74, 6) is 0.215. The second kappa shape index (κ2) is 7.74. The highest BCUT2D eigenvalue weighted by atomic mass is 35.5. The highest BCUT2D eigenvalue weighted by Crippen LogP contribution is 2.32. The Bertz CT molecular complexity index is 613. The van der Waals surface area contributed by atoms with Gasteiger partial charge in [0, 0.05) is 13.1 Å². The molecule has 1 aliphatic heterocycles. The topological polar surface area (TPSA) is 72.6 Å². The zero-order chi connectivity index (χ0) is 16.4. The van der Waals surface area contributed by atoms with Gasteiger partial charge in [0.05, 0.1) is 4.90 Å².